The van der Waals surface area contributed by atoms with Crippen molar-refractivity contribution < 1.29 is 4.52 Å². The smallest absolute Gasteiger partial charge is 0.234 e. The second-order valence-electron chi connectivity index (χ2n) is 4.52. The molecule has 1 unspecified atom stereocenters. The molecule has 2 rings (SSSR count). The van der Waals surface area contributed by atoms with E-state index in [2.05, 4.69) is 33.0 Å². The van der Waals surface area contributed by atoms with Crippen LogP contribution in [0.5, 0.6) is 0 Å². The summed E-state index contributed by atoms with van der Waals surface area (Å²) in [7, 11) is 0. The first-order valence-corrected chi connectivity index (χ1v) is 6.69. The van der Waals surface area contributed by atoms with Crippen molar-refractivity contribution in [2.75, 3.05) is 6.54 Å². The molecule has 1 aromatic heterocycles. The van der Waals surface area contributed by atoms with Gasteiger partial charge in [-0.05, 0) is 25.5 Å². The fourth-order valence-electron chi connectivity index (χ4n) is 1.60. The molecule has 1 aromatic carbocycles. The van der Waals surface area contributed by atoms with Gasteiger partial charge < -0.3 is 10.3 Å². The van der Waals surface area contributed by atoms with Crippen molar-refractivity contribution in [3.8, 4) is 11.4 Å². The normalized spacial score (nSPS) is 14.4. The maximum atomic E-state index is 5.79. The summed E-state index contributed by atoms with van der Waals surface area (Å²) >= 11 is 3.48. The lowest BCUT2D eigenvalue weighted by Crippen LogP contribution is -2.31. The molecule has 0 spiro atoms. The molecule has 1 heterocycles. The average Bonchev–Trinajstić information content (AvgIpc) is 2.88. The highest BCUT2D eigenvalue weighted by molar-refractivity contribution is 9.10. The zero-order chi connectivity index (χ0) is 13.2. The molecule has 5 heteroatoms. The topological polar surface area (TPSA) is 64.9 Å². The van der Waals surface area contributed by atoms with Crippen molar-refractivity contribution in [3.63, 3.8) is 0 Å². The standard InChI is InChI=1S/C13H16BrN3O/c1-3-13(2,8-15)12-16-11(17-18-12)9-6-4-5-7-10(9)14/h4-7H,3,8,15H2,1-2H3. The van der Waals surface area contributed by atoms with Gasteiger partial charge in [0.15, 0.2) is 0 Å². The van der Waals surface area contributed by atoms with E-state index in [1.165, 1.54) is 0 Å². The van der Waals surface area contributed by atoms with Crippen LogP contribution in [0.3, 0.4) is 0 Å². The van der Waals surface area contributed by atoms with Crippen LogP contribution in [-0.4, -0.2) is 16.7 Å². The molecule has 0 aliphatic carbocycles. The summed E-state index contributed by atoms with van der Waals surface area (Å²) in [6, 6.07) is 7.79. The van der Waals surface area contributed by atoms with Gasteiger partial charge in [-0.1, -0.05) is 40.1 Å². The van der Waals surface area contributed by atoms with Crippen LogP contribution >= 0.6 is 15.9 Å². The van der Waals surface area contributed by atoms with E-state index < -0.39 is 0 Å². The second-order valence-corrected chi connectivity index (χ2v) is 5.38. The van der Waals surface area contributed by atoms with E-state index in [9.17, 15) is 0 Å². The van der Waals surface area contributed by atoms with Crippen molar-refractivity contribution in [3.05, 3.63) is 34.6 Å². The lowest BCUT2D eigenvalue weighted by molar-refractivity contribution is 0.291. The number of nitrogens with zero attached hydrogens (tertiary/aromatic N) is 2. The Morgan fingerprint density at radius 3 is 2.72 bits per heavy atom. The molecule has 0 saturated heterocycles. The zero-order valence-corrected chi connectivity index (χ0v) is 12.1. The van der Waals surface area contributed by atoms with Crippen LogP contribution < -0.4 is 5.73 Å². The van der Waals surface area contributed by atoms with E-state index in [0.29, 0.717) is 18.3 Å². The molecule has 0 fully saturated rings. The van der Waals surface area contributed by atoms with Crippen LogP contribution in [0.4, 0.5) is 0 Å². The summed E-state index contributed by atoms with van der Waals surface area (Å²) in [5.41, 5.74) is 6.45. The third-order valence-electron chi connectivity index (χ3n) is 3.29. The van der Waals surface area contributed by atoms with Crippen molar-refractivity contribution in [1.29, 1.82) is 0 Å². The minimum Gasteiger partial charge on any atom is -0.338 e. The van der Waals surface area contributed by atoms with Gasteiger partial charge >= 0.3 is 0 Å². The highest BCUT2D eigenvalue weighted by atomic mass is 79.9. The average molecular weight is 310 g/mol. The van der Waals surface area contributed by atoms with E-state index in [-0.39, 0.29) is 5.41 Å². The van der Waals surface area contributed by atoms with Crippen LogP contribution in [0.1, 0.15) is 26.2 Å². The summed E-state index contributed by atoms with van der Waals surface area (Å²) in [4.78, 5) is 4.47. The van der Waals surface area contributed by atoms with Crippen LogP contribution in [-0.2, 0) is 5.41 Å². The lowest BCUT2D eigenvalue weighted by atomic mass is 9.88. The number of aromatic nitrogens is 2. The first-order chi connectivity index (χ1) is 8.60. The minimum atomic E-state index is -0.257. The van der Waals surface area contributed by atoms with Crippen molar-refractivity contribution in [2.45, 2.75) is 25.7 Å². The van der Waals surface area contributed by atoms with Crippen molar-refractivity contribution >= 4 is 15.9 Å². The van der Waals surface area contributed by atoms with Crippen LogP contribution in [0.15, 0.2) is 33.3 Å². The Hall–Kier alpha value is -1.20. The Morgan fingerprint density at radius 1 is 1.39 bits per heavy atom. The summed E-state index contributed by atoms with van der Waals surface area (Å²) in [5.74, 6) is 1.18. The summed E-state index contributed by atoms with van der Waals surface area (Å²) in [5, 5.41) is 4.04. The van der Waals surface area contributed by atoms with E-state index in [0.717, 1.165) is 16.5 Å². The molecule has 2 aromatic rings. The maximum absolute atomic E-state index is 5.79. The molecule has 0 aliphatic heterocycles. The maximum Gasteiger partial charge on any atom is 0.234 e. The molecule has 0 radical (unpaired) electrons. The Labute approximate surface area is 115 Å². The molecule has 2 N–H and O–H groups in total. The van der Waals surface area contributed by atoms with Crippen molar-refractivity contribution in [1.82, 2.24) is 10.1 Å². The van der Waals surface area contributed by atoms with Gasteiger partial charge in [0.1, 0.15) is 0 Å². The van der Waals surface area contributed by atoms with E-state index in [1.807, 2.05) is 31.2 Å². The molecule has 1 atom stereocenters. The monoisotopic (exact) mass is 309 g/mol. The number of benzene rings is 1. The molecule has 18 heavy (non-hydrogen) atoms. The molecule has 0 saturated carbocycles. The highest BCUT2D eigenvalue weighted by Crippen LogP contribution is 2.29. The van der Waals surface area contributed by atoms with Crippen molar-refractivity contribution in [2.24, 2.45) is 5.73 Å². The summed E-state index contributed by atoms with van der Waals surface area (Å²) in [6.45, 7) is 4.58. The van der Waals surface area contributed by atoms with E-state index in [1.54, 1.807) is 0 Å². The number of hydrogen-bond donors (Lipinski definition) is 1. The van der Waals surface area contributed by atoms with E-state index in [4.69, 9.17) is 10.3 Å². The minimum absolute atomic E-state index is 0.257. The van der Waals surface area contributed by atoms with Gasteiger partial charge in [0.2, 0.25) is 11.7 Å². The first-order valence-electron chi connectivity index (χ1n) is 5.90. The highest BCUT2D eigenvalue weighted by Gasteiger charge is 2.30. The molecule has 4 nitrogen and oxygen atoms in total. The van der Waals surface area contributed by atoms with Crippen LogP contribution in [0, 0.1) is 0 Å². The second kappa shape index (κ2) is 5.20. The Morgan fingerprint density at radius 2 is 2.11 bits per heavy atom. The quantitative estimate of drug-likeness (QED) is 0.942. The van der Waals surface area contributed by atoms with Gasteiger partial charge in [-0.3, -0.25) is 0 Å². The van der Waals surface area contributed by atoms with Crippen LogP contribution in [0.2, 0.25) is 0 Å². The van der Waals surface area contributed by atoms with Gasteiger partial charge in [-0.2, -0.15) is 4.98 Å². The first kappa shape index (κ1) is 13.2. The van der Waals surface area contributed by atoms with Gasteiger partial charge in [-0.15, -0.1) is 0 Å². The third-order valence-corrected chi connectivity index (χ3v) is 3.98. The lowest BCUT2D eigenvalue weighted by Gasteiger charge is -2.20. The summed E-state index contributed by atoms with van der Waals surface area (Å²) in [6.07, 6.45) is 0.862. The number of nitrogens with two attached hydrogens (primary N) is 1. The predicted octanol–water partition coefficient (Wildman–Crippen LogP) is 3.13. The molecule has 96 valence electrons. The molecule has 0 bridgehead atoms. The SMILES string of the molecule is CCC(C)(CN)c1nc(-c2ccccc2Br)no1. The zero-order valence-electron chi connectivity index (χ0n) is 10.5. The number of rotatable bonds is 4. The fraction of sp³-hybridized carbons (Fsp3) is 0.385. The van der Waals surface area contributed by atoms with E-state index >= 15 is 0 Å². The molecule has 0 aliphatic rings. The number of hydrogen-bond acceptors (Lipinski definition) is 4. The van der Waals surface area contributed by atoms with Gasteiger partial charge in [0, 0.05) is 16.6 Å². The predicted molar refractivity (Wildman–Crippen MR) is 74.1 cm³/mol. The molecule has 0 amide bonds. The van der Waals surface area contributed by atoms with Gasteiger partial charge in [0.05, 0.1) is 5.41 Å². The summed E-state index contributed by atoms with van der Waals surface area (Å²) < 4.78 is 6.31. The largest absolute Gasteiger partial charge is 0.338 e. The molecular weight excluding hydrogens is 294 g/mol. The Bertz CT molecular complexity index is 535. The fourth-order valence-corrected chi connectivity index (χ4v) is 2.07. The van der Waals surface area contributed by atoms with Gasteiger partial charge in [-0.25, -0.2) is 0 Å². The van der Waals surface area contributed by atoms with Gasteiger partial charge in [0.25, 0.3) is 0 Å². The Kier molecular flexibility index (Phi) is 3.82. The van der Waals surface area contributed by atoms with Crippen LogP contribution in [0.25, 0.3) is 11.4 Å². The third kappa shape index (κ3) is 2.33. The molecular formula is C13H16BrN3O. The Balaban J connectivity index is 2.40. The number of halogens is 1.